The van der Waals surface area contributed by atoms with E-state index in [-0.39, 0.29) is 11.6 Å². The normalized spacial score (nSPS) is 17.6. The number of anilines is 1. The highest BCUT2D eigenvalue weighted by Crippen LogP contribution is 2.27. The average molecular weight is 379 g/mol. The molecule has 1 N–H and O–H groups in total. The van der Waals surface area contributed by atoms with Gasteiger partial charge in [0, 0.05) is 38.9 Å². The second kappa shape index (κ2) is 8.59. The molecule has 3 rings (SSSR count). The third kappa shape index (κ3) is 4.39. The first kappa shape index (κ1) is 18.8. The number of piperidine rings is 1. The molecule has 2 aromatic heterocycles. The van der Waals surface area contributed by atoms with Crippen molar-refractivity contribution in [2.24, 2.45) is 5.92 Å². The fourth-order valence-corrected chi connectivity index (χ4v) is 4.01. The van der Waals surface area contributed by atoms with E-state index in [9.17, 15) is 9.59 Å². The fourth-order valence-electron chi connectivity index (χ4n) is 3.07. The molecule has 1 amide bonds. The summed E-state index contributed by atoms with van der Waals surface area (Å²) in [7, 11) is 0. The fraction of sp³-hybridized carbons (Fsp3) is 0.647. The molecular weight excluding hydrogens is 354 g/mol. The summed E-state index contributed by atoms with van der Waals surface area (Å²) in [5, 5.41) is 8.19. The molecule has 0 saturated carbocycles. The van der Waals surface area contributed by atoms with Crippen LogP contribution < -0.4 is 15.8 Å². The Balaban J connectivity index is 1.79. The predicted octanol–water partition coefficient (Wildman–Crippen LogP) is 1.54. The maximum atomic E-state index is 12.5. The number of hydrogen-bond donors (Lipinski definition) is 1. The highest BCUT2D eigenvalue weighted by molar-refractivity contribution is 7.20. The summed E-state index contributed by atoms with van der Waals surface area (Å²) in [6.07, 6.45) is 3.05. The zero-order valence-electron chi connectivity index (χ0n) is 15.2. The van der Waals surface area contributed by atoms with Gasteiger partial charge in [-0.1, -0.05) is 18.3 Å². The number of fused-ring (bicyclic) bond motifs is 1. The number of carbonyl (C=O) groups is 1. The van der Waals surface area contributed by atoms with E-state index in [1.54, 1.807) is 0 Å². The second-order valence-corrected chi connectivity index (χ2v) is 7.49. The maximum absolute atomic E-state index is 12.5. The van der Waals surface area contributed by atoms with Crippen LogP contribution >= 0.6 is 11.3 Å². The average Bonchev–Trinajstić information content (AvgIpc) is 3.04. The molecule has 1 atom stereocenters. The molecule has 0 aromatic carbocycles. The third-order valence-electron chi connectivity index (χ3n) is 4.36. The molecule has 0 aliphatic carbocycles. The monoisotopic (exact) mass is 379 g/mol. The van der Waals surface area contributed by atoms with Gasteiger partial charge in [-0.2, -0.15) is 9.50 Å². The number of aromatic nitrogens is 3. The molecule has 1 saturated heterocycles. The van der Waals surface area contributed by atoms with Crippen molar-refractivity contribution in [1.29, 1.82) is 0 Å². The first-order valence-electron chi connectivity index (χ1n) is 9.10. The van der Waals surface area contributed by atoms with E-state index < -0.39 is 5.56 Å². The Morgan fingerprint density at radius 1 is 1.50 bits per heavy atom. The van der Waals surface area contributed by atoms with Crippen molar-refractivity contribution in [2.45, 2.75) is 33.1 Å². The Morgan fingerprint density at radius 2 is 2.35 bits per heavy atom. The van der Waals surface area contributed by atoms with E-state index in [0.717, 1.165) is 31.1 Å². The highest BCUT2D eigenvalue weighted by atomic mass is 32.1. The van der Waals surface area contributed by atoms with Gasteiger partial charge >= 0.3 is 0 Å². The number of nitrogens with zero attached hydrogens (tertiary/aromatic N) is 4. The molecule has 1 aliphatic rings. The van der Waals surface area contributed by atoms with Gasteiger partial charge in [0.2, 0.25) is 10.1 Å². The van der Waals surface area contributed by atoms with Gasteiger partial charge < -0.3 is 15.0 Å². The SMILES string of the molecule is CCOCCCNC(=O)c1cc(=O)nc2sc(N3CCC[C@H](C)C3)nn12. The number of carbonyl (C=O) groups excluding carboxylic acids is 1. The Bertz CT molecular complexity index is 818. The molecule has 1 fully saturated rings. The standard InChI is InChI=1S/C17H25N5O3S/c1-3-25-9-5-7-18-15(24)13-10-14(23)19-16-22(13)20-17(26-16)21-8-4-6-12(2)11-21/h10,12H,3-9,11H2,1-2H3,(H,18,24)/t12-/m0/s1. The molecule has 26 heavy (non-hydrogen) atoms. The predicted molar refractivity (Wildman–Crippen MR) is 101 cm³/mol. The lowest BCUT2D eigenvalue weighted by Crippen LogP contribution is -2.34. The molecule has 9 heteroatoms. The Morgan fingerprint density at radius 3 is 3.12 bits per heavy atom. The van der Waals surface area contributed by atoms with Crippen LogP contribution in [-0.4, -0.2) is 53.4 Å². The van der Waals surface area contributed by atoms with Crippen LogP contribution in [0.25, 0.3) is 4.96 Å². The molecule has 3 heterocycles. The quantitative estimate of drug-likeness (QED) is 0.734. The zero-order valence-corrected chi connectivity index (χ0v) is 16.0. The maximum Gasteiger partial charge on any atom is 0.274 e. The highest BCUT2D eigenvalue weighted by Gasteiger charge is 2.22. The molecule has 1 aliphatic heterocycles. The lowest BCUT2D eigenvalue weighted by molar-refractivity contribution is 0.0936. The van der Waals surface area contributed by atoms with Gasteiger partial charge in [0.1, 0.15) is 5.69 Å². The molecule has 0 radical (unpaired) electrons. The van der Waals surface area contributed by atoms with Gasteiger partial charge in [-0.25, -0.2) is 0 Å². The second-order valence-electron chi connectivity index (χ2n) is 6.56. The first-order chi connectivity index (χ1) is 12.6. The smallest absolute Gasteiger partial charge is 0.274 e. The molecular formula is C17H25N5O3S. The van der Waals surface area contributed by atoms with Gasteiger partial charge in [0.25, 0.3) is 11.5 Å². The van der Waals surface area contributed by atoms with Crippen molar-refractivity contribution >= 4 is 27.3 Å². The molecule has 0 bridgehead atoms. The van der Waals surface area contributed by atoms with Crippen LogP contribution in [0.1, 0.15) is 43.6 Å². The summed E-state index contributed by atoms with van der Waals surface area (Å²) in [4.78, 5) is 31.1. The molecule has 2 aromatic rings. The van der Waals surface area contributed by atoms with Crippen molar-refractivity contribution < 1.29 is 9.53 Å². The summed E-state index contributed by atoms with van der Waals surface area (Å²) in [5.41, 5.74) is -0.198. The van der Waals surface area contributed by atoms with Crippen molar-refractivity contribution in [1.82, 2.24) is 19.9 Å². The minimum atomic E-state index is -0.424. The van der Waals surface area contributed by atoms with Crippen molar-refractivity contribution in [3.8, 4) is 0 Å². The van der Waals surface area contributed by atoms with Crippen LogP contribution in [0.4, 0.5) is 5.13 Å². The van der Waals surface area contributed by atoms with Gasteiger partial charge in [-0.3, -0.25) is 9.59 Å². The number of rotatable bonds is 7. The van der Waals surface area contributed by atoms with Gasteiger partial charge in [-0.15, -0.1) is 5.10 Å². The van der Waals surface area contributed by atoms with Gasteiger partial charge in [0.05, 0.1) is 0 Å². The van der Waals surface area contributed by atoms with Crippen LogP contribution in [0.15, 0.2) is 10.9 Å². The van der Waals surface area contributed by atoms with Gasteiger partial charge in [0.15, 0.2) is 0 Å². The third-order valence-corrected chi connectivity index (χ3v) is 5.33. The van der Waals surface area contributed by atoms with Gasteiger partial charge in [-0.05, 0) is 32.1 Å². The summed E-state index contributed by atoms with van der Waals surface area (Å²) >= 11 is 1.35. The summed E-state index contributed by atoms with van der Waals surface area (Å²) in [5.74, 6) is 0.289. The molecule has 0 unspecified atom stereocenters. The first-order valence-corrected chi connectivity index (χ1v) is 9.92. The largest absolute Gasteiger partial charge is 0.382 e. The zero-order chi connectivity index (χ0) is 18.5. The van der Waals surface area contributed by atoms with Crippen LogP contribution in [-0.2, 0) is 4.74 Å². The number of hydrogen-bond acceptors (Lipinski definition) is 7. The van der Waals surface area contributed by atoms with E-state index >= 15 is 0 Å². The van der Waals surface area contributed by atoms with Crippen molar-refractivity contribution in [2.75, 3.05) is 37.7 Å². The van der Waals surface area contributed by atoms with Crippen LogP contribution in [0.3, 0.4) is 0 Å². The van der Waals surface area contributed by atoms with E-state index in [2.05, 4.69) is 27.2 Å². The summed E-state index contributed by atoms with van der Waals surface area (Å²) < 4.78 is 6.74. The van der Waals surface area contributed by atoms with Crippen molar-refractivity contribution in [3.05, 3.63) is 22.1 Å². The van der Waals surface area contributed by atoms with Crippen LogP contribution in [0, 0.1) is 5.92 Å². The van der Waals surface area contributed by atoms with Crippen molar-refractivity contribution in [3.63, 3.8) is 0 Å². The molecule has 8 nitrogen and oxygen atoms in total. The van der Waals surface area contributed by atoms with E-state index in [1.165, 1.54) is 28.3 Å². The van der Waals surface area contributed by atoms with Crippen LogP contribution in [0.5, 0.6) is 0 Å². The number of ether oxygens (including phenoxy) is 1. The van der Waals surface area contributed by atoms with E-state index in [4.69, 9.17) is 4.74 Å². The molecule has 0 spiro atoms. The number of amides is 1. The van der Waals surface area contributed by atoms with E-state index in [0.29, 0.717) is 30.6 Å². The summed E-state index contributed by atoms with van der Waals surface area (Å²) in [6, 6.07) is 1.24. The lowest BCUT2D eigenvalue weighted by atomic mass is 10.0. The minimum absolute atomic E-state index is 0.226. The Labute approximate surface area is 156 Å². The van der Waals surface area contributed by atoms with E-state index in [1.807, 2.05) is 6.92 Å². The van der Waals surface area contributed by atoms with Crippen LogP contribution in [0.2, 0.25) is 0 Å². The Kier molecular flexibility index (Phi) is 6.20. The number of nitrogens with one attached hydrogen (secondary N) is 1. The minimum Gasteiger partial charge on any atom is -0.382 e. The molecule has 142 valence electrons. The topological polar surface area (TPSA) is 88.8 Å². The Hall–Kier alpha value is -2.00. The lowest BCUT2D eigenvalue weighted by Gasteiger charge is -2.30. The summed E-state index contributed by atoms with van der Waals surface area (Å²) in [6.45, 7) is 7.76.